The van der Waals surface area contributed by atoms with Gasteiger partial charge in [0, 0.05) is 18.8 Å². The van der Waals surface area contributed by atoms with Crippen molar-refractivity contribution in [1.29, 1.82) is 0 Å². The first-order chi connectivity index (χ1) is 8.29. The molecule has 1 aliphatic heterocycles. The first-order valence-corrected chi connectivity index (χ1v) is 6.12. The van der Waals surface area contributed by atoms with E-state index in [0.29, 0.717) is 28.9 Å². The number of hydrogen-bond acceptors (Lipinski definition) is 3. The summed E-state index contributed by atoms with van der Waals surface area (Å²) >= 11 is 6.02. The normalized spacial score (nSPS) is 16.8. The standard InChI is InChI=1S/C13H15ClO3/c14-12-7-11(8-15)1-2-13(12)17-9-10-3-5-16-6-4-10/h1-2,7-8,10H,3-6,9H2. The number of hydrogen-bond donors (Lipinski definition) is 0. The highest BCUT2D eigenvalue weighted by atomic mass is 35.5. The lowest BCUT2D eigenvalue weighted by Gasteiger charge is -2.22. The number of benzene rings is 1. The summed E-state index contributed by atoms with van der Waals surface area (Å²) in [4.78, 5) is 10.6. The minimum Gasteiger partial charge on any atom is -0.492 e. The third kappa shape index (κ3) is 3.45. The molecule has 0 aliphatic carbocycles. The van der Waals surface area contributed by atoms with Crippen LogP contribution in [0.15, 0.2) is 18.2 Å². The van der Waals surface area contributed by atoms with Crippen molar-refractivity contribution in [2.45, 2.75) is 12.8 Å². The van der Waals surface area contributed by atoms with Crippen molar-refractivity contribution >= 4 is 17.9 Å². The number of halogens is 1. The van der Waals surface area contributed by atoms with Gasteiger partial charge in [-0.1, -0.05) is 11.6 Å². The monoisotopic (exact) mass is 254 g/mol. The van der Waals surface area contributed by atoms with Gasteiger partial charge < -0.3 is 9.47 Å². The first kappa shape index (κ1) is 12.4. The Balaban J connectivity index is 1.91. The van der Waals surface area contributed by atoms with Gasteiger partial charge in [0.1, 0.15) is 12.0 Å². The highest BCUT2D eigenvalue weighted by Gasteiger charge is 2.15. The molecule has 1 heterocycles. The van der Waals surface area contributed by atoms with Crippen LogP contribution in [0.1, 0.15) is 23.2 Å². The molecule has 1 saturated heterocycles. The van der Waals surface area contributed by atoms with E-state index in [9.17, 15) is 4.79 Å². The van der Waals surface area contributed by atoms with Crippen LogP contribution >= 0.6 is 11.6 Å². The van der Waals surface area contributed by atoms with E-state index in [1.807, 2.05) is 0 Å². The minimum atomic E-state index is 0.488. The van der Waals surface area contributed by atoms with Gasteiger partial charge in [-0.2, -0.15) is 0 Å². The Labute approximate surface area is 106 Å². The molecule has 0 spiro atoms. The molecular formula is C13H15ClO3. The lowest BCUT2D eigenvalue weighted by molar-refractivity contribution is 0.0498. The fraction of sp³-hybridized carbons (Fsp3) is 0.462. The third-order valence-corrected chi connectivity index (χ3v) is 3.20. The Kier molecular flexibility index (Phi) is 4.40. The summed E-state index contributed by atoms with van der Waals surface area (Å²) in [5.74, 6) is 1.18. The quantitative estimate of drug-likeness (QED) is 0.775. The Bertz CT molecular complexity index is 386. The maximum absolute atomic E-state index is 10.6. The van der Waals surface area contributed by atoms with E-state index in [1.54, 1.807) is 18.2 Å². The number of aldehydes is 1. The molecule has 1 aliphatic rings. The molecule has 0 amide bonds. The third-order valence-electron chi connectivity index (χ3n) is 2.91. The van der Waals surface area contributed by atoms with E-state index in [1.165, 1.54) is 0 Å². The summed E-state index contributed by atoms with van der Waals surface area (Å²) in [6, 6.07) is 5.07. The molecule has 92 valence electrons. The number of ether oxygens (including phenoxy) is 2. The fourth-order valence-electron chi connectivity index (χ4n) is 1.83. The van der Waals surface area contributed by atoms with E-state index < -0.39 is 0 Å². The maximum atomic E-state index is 10.6. The topological polar surface area (TPSA) is 35.5 Å². The molecule has 0 bridgehead atoms. The zero-order chi connectivity index (χ0) is 12.1. The van der Waals surface area contributed by atoms with Gasteiger partial charge >= 0.3 is 0 Å². The van der Waals surface area contributed by atoms with Crippen molar-refractivity contribution in [2.24, 2.45) is 5.92 Å². The number of carbonyl (C=O) groups is 1. The maximum Gasteiger partial charge on any atom is 0.150 e. The summed E-state index contributed by atoms with van der Waals surface area (Å²) < 4.78 is 11.0. The van der Waals surface area contributed by atoms with Crippen LogP contribution in [0.4, 0.5) is 0 Å². The first-order valence-electron chi connectivity index (χ1n) is 5.75. The van der Waals surface area contributed by atoms with Crippen LogP contribution in [-0.4, -0.2) is 26.1 Å². The molecule has 0 N–H and O–H groups in total. The van der Waals surface area contributed by atoms with Crippen molar-refractivity contribution in [3.8, 4) is 5.75 Å². The van der Waals surface area contributed by atoms with Gasteiger partial charge in [-0.15, -0.1) is 0 Å². The number of rotatable bonds is 4. The highest BCUT2D eigenvalue weighted by Crippen LogP contribution is 2.26. The van der Waals surface area contributed by atoms with Crippen LogP contribution in [0.25, 0.3) is 0 Å². The lowest BCUT2D eigenvalue weighted by atomic mass is 10.0. The van der Waals surface area contributed by atoms with Crippen LogP contribution < -0.4 is 4.74 Å². The van der Waals surface area contributed by atoms with E-state index in [-0.39, 0.29) is 0 Å². The van der Waals surface area contributed by atoms with E-state index in [4.69, 9.17) is 21.1 Å². The summed E-state index contributed by atoms with van der Waals surface area (Å²) in [6.45, 7) is 2.28. The van der Waals surface area contributed by atoms with Crippen LogP contribution in [0.5, 0.6) is 5.75 Å². The summed E-state index contributed by atoms with van der Waals surface area (Å²) in [6.07, 6.45) is 2.84. The second kappa shape index (κ2) is 6.03. The smallest absolute Gasteiger partial charge is 0.150 e. The Morgan fingerprint density at radius 1 is 1.41 bits per heavy atom. The molecule has 4 heteroatoms. The van der Waals surface area contributed by atoms with Gasteiger partial charge in [0.25, 0.3) is 0 Å². The molecule has 0 unspecified atom stereocenters. The highest BCUT2D eigenvalue weighted by molar-refractivity contribution is 6.32. The van der Waals surface area contributed by atoms with Gasteiger partial charge in [-0.3, -0.25) is 4.79 Å². The lowest BCUT2D eigenvalue weighted by Crippen LogP contribution is -2.21. The molecule has 17 heavy (non-hydrogen) atoms. The minimum absolute atomic E-state index is 0.488. The number of carbonyl (C=O) groups excluding carboxylic acids is 1. The average molecular weight is 255 g/mol. The second-order valence-corrected chi connectivity index (χ2v) is 4.58. The van der Waals surface area contributed by atoms with Gasteiger partial charge in [-0.05, 0) is 37.0 Å². The molecule has 2 rings (SSSR count). The van der Waals surface area contributed by atoms with Crippen LogP contribution in [-0.2, 0) is 4.74 Å². The van der Waals surface area contributed by atoms with E-state index >= 15 is 0 Å². The van der Waals surface area contributed by atoms with Crippen molar-refractivity contribution in [3.05, 3.63) is 28.8 Å². The van der Waals surface area contributed by atoms with Crippen molar-refractivity contribution in [2.75, 3.05) is 19.8 Å². The zero-order valence-corrected chi connectivity index (χ0v) is 10.3. The van der Waals surface area contributed by atoms with Gasteiger partial charge in [-0.25, -0.2) is 0 Å². The molecule has 0 atom stereocenters. The molecule has 1 fully saturated rings. The van der Waals surface area contributed by atoms with Crippen LogP contribution in [0.2, 0.25) is 5.02 Å². The fourth-order valence-corrected chi connectivity index (χ4v) is 2.07. The van der Waals surface area contributed by atoms with Crippen LogP contribution in [0, 0.1) is 5.92 Å². The largest absolute Gasteiger partial charge is 0.492 e. The SMILES string of the molecule is O=Cc1ccc(OCC2CCOCC2)c(Cl)c1. The molecule has 1 aromatic rings. The van der Waals surface area contributed by atoms with Crippen molar-refractivity contribution in [1.82, 2.24) is 0 Å². The zero-order valence-electron chi connectivity index (χ0n) is 9.52. The summed E-state index contributed by atoms with van der Waals surface area (Å²) in [5, 5.41) is 0.488. The Hall–Kier alpha value is -1.06. The summed E-state index contributed by atoms with van der Waals surface area (Å²) in [5.41, 5.74) is 0.563. The Morgan fingerprint density at radius 2 is 2.18 bits per heavy atom. The molecule has 0 aromatic heterocycles. The average Bonchev–Trinajstić information content (AvgIpc) is 2.38. The van der Waals surface area contributed by atoms with Crippen molar-refractivity contribution in [3.63, 3.8) is 0 Å². The summed E-state index contributed by atoms with van der Waals surface area (Å²) in [7, 11) is 0. The van der Waals surface area contributed by atoms with Gasteiger partial charge in [0.05, 0.1) is 11.6 Å². The predicted octanol–water partition coefficient (Wildman–Crippen LogP) is 2.96. The molecule has 0 radical (unpaired) electrons. The Morgan fingerprint density at radius 3 is 2.82 bits per heavy atom. The van der Waals surface area contributed by atoms with Crippen LogP contribution in [0.3, 0.4) is 0 Å². The second-order valence-electron chi connectivity index (χ2n) is 4.17. The predicted molar refractivity (Wildman–Crippen MR) is 65.9 cm³/mol. The van der Waals surface area contributed by atoms with Gasteiger partial charge in [0.2, 0.25) is 0 Å². The molecule has 0 saturated carbocycles. The van der Waals surface area contributed by atoms with Crippen molar-refractivity contribution < 1.29 is 14.3 Å². The van der Waals surface area contributed by atoms with E-state index in [0.717, 1.165) is 32.3 Å². The molecule has 3 nitrogen and oxygen atoms in total. The molecular weight excluding hydrogens is 240 g/mol. The molecule has 1 aromatic carbocycles. The van der Waals surface area contributed by atoms with Gasteiger partial charge in [0.15, 0.2) is 0 Å². The van der Waals surface area contributed by atoms with E-state index in [2.05, 4.69) is 0 Å².